The van der Waals surface area contributed by atoms with E-state index in [1.807, 2.05) is 0 Å². The summed E-state index contributed by atoms with van der Waals surface area (Å²) in [5, 5.41) is 39.8. The fraction of sp³-hybridized carbons (Fsp3) is 0.0714. The normalized spacial score (nSPS) is 10.2. The van der Waals surface area contributed by atoms with Gasteiger partial charge in [-0.05, 0) is 29.8 Å². The number of benzene rings is 2. The van der Waals surface area contributed by atoms with Gasteiger partial charge in [-0.25, -0.2) is 4.79 Å². The quantitative estimate of drug-likeness (QED) is 0.547. The van der Waals surface area contributed by atoms with Crippen molar-refractivity contribution in [3.05, 3.63) is 47.5 Å². The number of nitrogens with one attached hydrogen (secondary N) is 1. The minimum absolute atomic E-state index is 0.0268. The Morgan fingerprint density at radius 2 is 1.75 bits per heavy atom. The molecule has 5 N–H and O–H groups in total. The average Bonchev–Trinajstić information content (AvgIpc) is 2.39. The molecule has 6 heteroatoms. The third kappa shape index (κ3) is 3.11. The first-order valence-corrected chi connectivity index (χ1v) is 5.78. The number of anilines is 1. The van der Waals surface area contributed by atoms with E-state index >= 15 is 0 Å². The Hall–Kier alpha value is -2.89. The zero-order valence-electron chi connectivity index (χ0n) is 10.4. The smallest absolute Gasteiger partial charge is 0.335 e. The molecule has 2 aromatic carbocycles. The summed E-state index contributed by atoms with van der Waals surface area (Å²) < 4.78 is 0. The molecule has 2 aromatic rings. The van der Waals surface area contributed by atoms with E-state index in [4.69, 9.17) is 5.11 Å². The van der Waals surface area contributed by atoms with Crippen LogP contribution in [0.2, 0.25) is 0 Å². The molecular weight excluding hydrogens is 262 g/mol. The van der Waals surface area contributed by atoms with Crippen molar-refractivity contribution in [3.63, 3.8) is 0 Å². The molecule has 0 aliphatic heterocycles. The van der Waals surface area contributed by atoms with E-state index in [0.29, 0.717) is 17.8 Å². The lowest BCUT2D eigenvalue weighted by molar-refractivity contribution is 0.0696. The highest BCUT2D eigenvalue weighted by atomic mass is 16.4. The van der Waals surface area contributed by atoms with Crippen molar-refractivity contribution in [2.24, 2.45) is 0 Å². The number of carbonyl (C=O) groups is 1. The molecule has 0 spiro atoms. The third-order valence-electron chi connectivity index (χ3n) is 2.70. The average molecular weight is 275 g/mol. The zero-order valence-corrected chi connectivity index (χ0v) is 10.4. The lowest BCUT2D eigenvalue weighted by Gasteiger charge is -2.09. The number of aromatic carboxylic acids is 1. The van der Waals surface area contributed by atoms with Crippen LogP contribution in [0, 0.1) is 0 Å². The molecule has 0 bridgehead atoms. The summed E-state index contributed by atoms with van der Waals surface area (Å²) in [4.78, 5) is 10.9. The van der Waals surface area contributed by atoms with Crippen molar-refractivity contribution >= 4 is 11.7 Å². The van der Waals surface area contributed by atoms with Gasteiger partial charge in [-0.15, -0.1) is 0 Å². The van der Waals surface area contributed by atoms with Crippen LogP contribution < -0.4 is 5.32 Å². The fourth-order valence-electron chi connectivity index (χ4n) is 1.72. The maximum atomic E-state index is 10.9. The summed E-state index contributed by atoms with van der Waals surface area (Å²) >= 11 is 0. The molecular formula is C14H13NO5. The van der Waals surface area contributed by atoms with Crippen LogP contribution in [0.15, 0.2) is 36.4 Å². The highest BCUT2D eigenvalue weighted by Gasteiger charge is 2.07. The SMILES string of the molecule is O=C(O)c1cc(O)cc(NCc2ccc(O)c(O)c2)c1. The molecule has 0 atom stereocenters. The Labute approximate surface area is 114 Å². The number of rotatable bonds is 4. The van der Waals surface area contributed by atoms with Gasteiger partial charge in [0.2, 0.25) is 0 Å². The highest BCUT2D eigenvalue weighted by Crippen LogP contribution is 2.26. The first kappa shape index (κ1) is 13.5. The van der Waals surface area contributed by atoms with Gasteiger partial charge >= 0.3 is 5.97 Å². The monoisotopic (exact) mass is 275 g/mol. The Morgan fingerprint density at radius 3 is 2.40 bits per heavy atom. The minimum atomic E-state index is -1.13. The van der Waals surface area contributed by atoms with Crippen LogP contribution in [0.5, 0.6) is 17.2 Å². The minimum Gasteiger partial charge on any atom is -0.508 e. The van der Waals surface area contributed by atoms with Gasteiger partial charge in [-0.3, -0.25) is 0 Å². The second-order valence-electron chi connectivity index (χ2n) is 4.25. The van der Waals surface area contributed by atoms with Gasteiger partial charge in [0.1, 0.15) is 5.75 Å². The number of carboxylic acids is 1. The fourth-order valence-corrected chi connectivity index (χ4v) is 1.72. The Bertz CT molecular complexity index is 654. The van der Waals surface area contributed by atoms with Gasteiger partial charge in [0.25, 0.3) is 0 Å². The molecule has 104 valence electrons. The van der Waals surface area contributed by atoms with E-state index in [9.17, 15) is 20.1 Å². The molecule has 0 unspecified atom stereocenters. The van der Waals surface area contributed by atoms with Gasteiger partial charge in [0, 0.05) is 18.3 Å². The van der Waals surface area contributed by atoms with Crippen LogP contribution in [0.25, 0.3) is 0 Å². The predicted molar refractivity (Wildman–Crippen MR) is 72.2 cm³/mol. The van der Waals surface area contributed by atoms with Crippen LogP contribution in [-0.2, 0) is 6.54 Å². The number of hydrogen-bond donors (Lipinski definition) is 5. The number of phenols is 3. The van der Waals surface area contributed by atoms with Crippen LogP contribution in [0.3, 0.4) is 0 Å². The van der Waals surface area contributed by atoms with Crippen molar-refractivity contribution in [3.8, 4) is 17.2 Å². The summed E-state index contributed by atoms with van der Waals surface area (Å²) in [6, 6.07) is 8.30. The molecule has 0 aromatic heterocycles. The maximum Gasteiger partial charge on any atom is 0.335 e. The van der Waals surface area contributed by atoms with E-state index in [-0.39, 0.29) is 22.8 Å². The Balaban J connectivity index is 2.14. The maximum absolute atomic E-state index is 10.9. The molecule has 0 aliphatic carbocycles. The molecule has 2 rings (SSSR count). The summed E-state index contributed by atoms with van der Waals surface area (Å²) in [7, 11) is 0. The van der Waals surface area contributed by atoms with Gasteiger partial charge in [-0.2, -0.15) is 0 Å². The molecule has 20 heavy (non-hydrogen) atoms. The highest BCUT2D eigenvalue weighted by molar-refractivity contribution is 5.89. The van der Waals surface area contributed by atoms with Gasteiger partial charge in [0.15, 0.2) is 11.5 Å². The summed E-state index contributed by atoms with van der Waals surface area (Å²) in [6.45, 7) is 0.302. The van der Waals surface area contributed by atoms with E-state index in [1.54, 1.807) is 6.07 Å². The van der Waals surface area contributed by atoms with E-state index in [2.05, 4.69) is 5.32 Å². The molecule has 0 heterocycles. The Morgan fingerprint density at radius 1 is 1.00 bits per heavy atom. The van der Waals surface area contributed by atoms with Crippen LogP contribution >= 0.6 is 0 Å². The van der Waals surface area contributed by atoms with Crippen LogP contribution in [0.1, 0.15) is 15.9 Å². The van der Waals surface area contributed by atoms with Crippen molar-refractivity contribution in [1.82, 2.24) is 0 Å². The first-order chi connectivity index (χ1) is 9.45. The molecule has 0 radical (unpaired) electrons. The number of hydrogen-bond acceptors (Lipinski definition) is 5. The van der Waals surface area contributed by atoms with E-state index < -0.39 is 5.97 Å². The van der Waals surface area contributed by atoms with Crippen molar-refractivity contribution < 1.29 is 25.2 Å². The topological polar surface area (TPSA) is 110 Å². The standard InChI is InChI=1S/C14H13NO5/c16-11-5-9(14(19)20)4-10(6-11)15-7-8-1-2-12(17)13(18)3-8/h1-6,15-18H,7H2,(H,19,20). The van der Waals surface area contributed by atoms with Crippen molar-refractivity contribution in [2.45, 2.75) is 6.54 Å². The lowest BCUT2D eigenvalue weighted by Crippen LogP contribution is -2.02. The third-order valence-corrected chi connectivity index (χ3v) is 2.70. The largest absolute Gasteiger partial charge is 0.508 e. The zero-order chi connectivity index (χ0) is 14.7. The molecule has 0 saturated carbocycles. The molecule has 0 fully saturated rings. The number of carboxylic acid groups (broad SMARTS) is 1. The molecule has 0 saturated heterocycles. The number of phenolic OH excluding ortho intramolecular Hbond substituents is 3. The second-order valence-corrected chi connectivity index (χ2v) is 4.25. The second kappa shape index (κ2) is 5.40. The lowest BCUT2D eigenvalue weighted by atomic mass is 10.1. The van der Waals surface area contributed by atoms with E-state index in [1.165, 1.54) is 24.3 Å². The Kier molecular flexibility index (Phi) is 3.65. The summed E-state index contributed by atoms with van der Waals surface area (Å²) in [6.07, 6.45) is 0. The van der Waals surface area contributed by atoms with E-state index in [0.717, 1.165) is 6.07 Å². The first-order valence-electron chi connectivity index (χ1n) is 5.78. The number of aromatic hydroxyl groups is 3. The van der Waals surface area contributed by atoms with Crippen LogP contribution in [-0.4, -0.2) is 26.4 Å². The van der Waals surface area contributed by atoms with Gasteiger partial charge in [0.05, 0.1) is 5.56 Å². The molecule has 0 aliphatic rings. The van der Waals surface area contributed by atoms with Gasteiger partial charge in [-0.1, -0.05) is 6.07 Å². The summed E-state index contributed by atoms with van der Waals surface area (Å²) in [5.41, 5.74) is 1.11. The molecule has 0 amide bonds. The predicted octanol–water partition coefficient (Wildman–Crippen LogP) is 2.11. The van der Waals surface area contributed by atoms with Crippen molar-refractivity contribution in [1.29, 1.82) is 0 Å². The summed E-state index contributed by atoms with van der Waals surface area (Å²) in [5.74, 6) is -1.72. The van der Waals surface area contributed by atoms with Gasteiger partial charge < -0.3 is 25.7 Å². The van der Waals surface area contributed by atoms with Crippen molar-refractivity contribution in [2.75, 3.05) is 5.32 Å². The van der Waals surface area contributed by atoms with Crippen LogP contribution in [0.4, 0.5) is 5.69 Å². The molecule has 6 nitrogen and oxygen atoms in total.